The van der Waals surface area contributed by atoms with Gasteiger partial charge in [-0.3, -0.25) is 4.98 Å². The lowest BCUT2D eigenvalue weighted by Gasteiger charge is -2.10. The molecule has 0 unspecified atom stereocenters. The second kappa shape index (κ2) is 11.1. The summed E-state index contributed by atoms with van der Waals surface area (Å²) in [7, 11) is 0. The van der Waals surface area contributed by atoms with Gasteiger partial charge in [-0.1, -0.05) is 109 Å². The fraction of sp³-hybridized carbons (Fsp3) is 0. The molecule has 4 heterocycles. The molecule has 9 rings (SSSR count). The summed E-state index contributed by atoms with van der Waals surface area (Å²) >= 11 is 0. The summed E-state index contributed by atoms with van der Waals surface area (Å²) in [6.07, 6.45) is 3.45. The number of pyridine rings is 1. The van der Waals surface area contributed by atoms with Crippen molar-refractivity contribution < 1.29 is 4.42 Å². The van der Waals surface area contributed by atoms with E-state index in [1.165, 1.54) is 0 Å². The Morgan fingerprint density at radius 3 is 1.70 bits per heavy atom. The first-order valence-corrected chi connectivity index (χ1v) is 15.3. The van der Waals surface area contributed by atoms with Crippen LogP contribution in [0.4, 0.5) is 0 Å². The molecule has 0 fully saturated rings. The Hall–Kier alpha value is -6.60. The number of aromatic nitrogens is 6. The summed E-state index contributed by atoms with van der Waals surface area (Å²) in [6.45, 7) is 0. The quantitative estimate of drug-likeness (QED) is 0.193. The van der Waals surface area contributed by atoms with Crippen LogP contribution in [0.2, 0.25) is 0 Å². The SMILES string of the molecule is c1ccc(-c2nc(-c3ccccc3)nc(-c3ccc(-c4ccc5c(-c6cc7oc8ccccc8c7cn6)ncnc5c4)cc3)n2)cc1. The molecule has 0 aliphatic carbocycles. The Balaban J connectivity index is 1.07. The molecule has 0 saturated carbocycles. The number of fused-ring (bicyclic) bond motifs is 4. The number of hydrogen-bond donors (Lipinski definition) is 0. The zero-order valence-corrected chi connectivity index (χ0v) is 24.9. The molecule has 0 aliphatic heterocycles. The lowest BCUT2D eigenvalue weighted by atomic mass is 10.0. The molecule has 47 heavy (non-hydrogen) atoms. The molecule has 0 radical (unpaired) electrons. The number of hydrogen-bond acceptors (Lipinski definition) is 7. The van der Waals surface area contributed by atoms with E-state index in [0.29, 0.717) is 17.5 Å². The van der Waals surface area contributed by atoms with E-state index in [2.05, 4.69) is 52.4 Å². The second-order valence-corrected chi connectivity index (χ2v) is 11.2. The molecule has 0 bridgehead atoms. The van der Waals surface area contributed by atoms with Crippen LogP contribution < -0.4 is 0 Å². The Morgan fingerprint density at radius 1 is 0.404 bits per heavy atom. The molecule has 4 aromatic heterocycles. The summed E-state index contributed by atoms with van der Waals surface area (Å²) in [6, 6.07) is 44.4. The van der Waals surface area contributed by atoms with Gasteiger partial charge in [-0.2, -0.15) is 0 Å². The van der Waals surface area contributed by atoms with E-state index in [1.807, 2.05) is 97.2 Å². The minimum absolute atomic E-state index is 0.620. The third-order valence-corrected chi connectivity index (χ3v) is 8.32. The molecule has 7 nitrogen and oxygen atoms in total. The molecule has 0 amide bonds. The van der Waals surface area contributed by atoms with Crippen LogP contribution in [-0.2, 0) is 0 Å². The molecule has 0 atom stereocenters. The average molecular weight is 605 g/mol. The molecule has 0 spiro atoms. The lowest BCUT2D eigenvalue weighted by molar-refractivity contribution is 0.668. The van der Waals surface area contributed by atoms with Gasteiger partial charge in [0.2, 0.25) is 0 Å². The molecular formula is C40H24N6O. The van der Waals surface area contributed by atoms with Crippen LogP contribution in [-0.4, -0.2) is 29.9 Å². The third-order valence-electron chi connectivity index (χ3n) is 8.32. The van der Waals surface area contributed by atoms with Gasteiger partial charge < -0.3 is 4.42 Å². The van der Waals surface area contributed by atoms with Gasteiger partial charge in [-0.25, -0.2) is 24.9 Å². The van der Waals surface area contributed by atoms with E-state index in [-0.39, 0.29) is 0 Å². The van der Waals surface area contributed by atoms with Crippen molar-refractivity contribution in [2.24, 2.45) is 0 Å². The fourth-order valence-electron chi connectivity index (χ4n) is 5.94. The predicted molar refractivity (Wildman–Crippen MR) is 185 cm³/mol. The highest BCUT2D eigenvalue weighted by Crippen LogP contribution is 2.34. The highest BCUT2D eigenvalue weighted by atomic mass is 16.3. The lowest BCUT2D eigenvalue weighted by Crippen LogP contribution is -2.00. The van der Waals surface area contributed by atoms with Crippen LogP contribution in [0.3, 0.4) is 0 Å². The smallest absolute Gasteiger partial charge is 0.164 e. The van der Waals surface area contributed by atoms with Gasteiger partial charge >= 0.3 is 0 Å². The van der Waals surface area contributed by atoms with E-state index in [1.54, 1.807) is 6.33 Å². The topological polar surface area (TPSA) is 90.5 Å². The minimum Gasteiger partial charge on any atom is -0.456 e. The van der Waals surface area contributed by atoms with E-state index in [0.717, 1.165) is 72.0 Å². The Bertz CT molecular complexity index is 2510. The maximum absolute atomic E-state index is 6.11. The Labute approximate surface area is 269 Å². The summed E-state index contributed by atoms with van der Waals surface area (Å²) in [5.41, 5.74) is 8.84. The van der Waals surface area contributed by atoms with Crippen molar-refractivity contribution in [3.8, 4) is 56.7 Å². The number of para-hydroxylation sites is 1. The number of furan rings is 1. The highest BCUT2D eigenvalue weighted by molar-refractivity contribution is 6.05. The Morgan fingerprint density at radius 2 is 1.00 bits per heavy atom. The molecule has 5 aromatic carbocycles. The van der Waals surface area contributed by atoms with Gasteiger partial charge in [0.25, 0.3) is 0 Å². The van der Waals surface area contributed by atoms with Crippen molar-refractivity contribution in [1.29, 1.82) is 0 Å². The normalized spacial score (nSPS) is 11.4. The van der Waals surface area contributed by atoms with Gasteiger partial charge in [-0.05, 0) is 29.3 Å². The summed E-state index contributed by atoms with van der Waals surface area (Å²) < 4.78 is 6.11. The van der Waals surface area contributed by atoms with Crippen LogP contribution in [0.5, 0.6) is 0 Å². The van der Waals surface area contributed by atoms with Crippen molar-refractivity contribution in [2.45, 2.75) is 0 Å². The first-order valence-electron chi connectivity index (χ1n) is 15.3. The van der Waals surface area contributed by atoms with E-state index in [4.69, 9.17) is 24.4 Å². The zero-order valence-electron chi connectivity index (χ0n) is 24.9. The van der Waals surface area contributed by atoms with Gasteiger partial charge in [0.15, 0.2) is 17.5 Å². The summed E-state index contributed by atoms with van der Waals surface area (Å²) in [5, 5.41) is 2.95. The van der Waals surface area contributed by atoms with Crippen molar-refractivity contribution >= 4 is 32.8 Å². The summed E-state index contributed by atoms with van der Waals surface area (Å²) in [5.74, 6) is 1.89. The molecule has 220 valence electrons. The number of nitrogens with zero attached hydrogens (tertiary/aromatic N) is 6. The van der Waals surface area contributed by atoms with Crippen LogP contribution in [0.15, 0.2) is 150 Å². The summed E-state index contributed by atoms with van der Waals surface area (Å²) in [4.78, 5) is 28.5. The van der Waals surface area contributed by atoms with Crippen molar-refractivity contribution in [1.82, 2.24) is 29.9 Å². The van der Waals surface area contributed by atoms with Crippen molar-refractivity contribution in [2.75, 3.05) is 0 Å². The molecule has 9 aromatic rings. The number of benzene rings is 5. The van der Waals surface area contributed by atoms with E-state index in [9.17, 15) is 0 Å². The first-order chi connectivity index (χ1) is 23.3. The monoisotopic (exact) mass is 604 g/mol. The highest BCUT2D eigenvalue weighted by Gasteiger charge is 2.15. The van der Waals surface area contributed by atoms with E-state index >= 15 is 0 Å². The zero-order chi connectivity index (χ0) is 31.2. The fourth-order valence-corrected chi connectivity index (χ4v) is 5.94. The first kappa shape index (κ1) is 26.8. The van der Waals surface area contributed by atoms with Gasteiger partial charge in [-0.15, -0.1) is 0 Å². The van der Waals surface area contributed by atoms with Crippen LogP contribution in [0.25, 0.3) is 89.5 Å². The van der Waals surface area contributed by atoms with Gasteiger partial charge in [0, 0.05) is 45.1 Å². The molecule has 0 aliphatic rings. The van der Waals surface area contributed by atoms with E-state index < -0.39 is 0 Å². The van der Waals surface area contributed by atoms with Crippen molar-refractivity contribution in [3.05, 3.63) is 146 Å². The molecule has 7 heteroatoms. The predicted octanol–water partition coefficient (Wildman–Crippen LogP) is 9.44. The maximum Gasteiger partial charge on any atom is 0.164 e. The van der Waals surface area contributed by atoms with Crippen molar-refractivity contribution in [3.63, 3.8) is 0 Å². The Kier molecular flexibility index (Phi) is 6.31. The largest absolute Gasteiger partial charge is 0.456 e. The van der Waals surface area contributed by atoms with Crippen LogP contribution >= 0.6 is 0 Å². The average Bonchev–Trinajstić information content (AvgIpc) is 3.53. The van der Waals surface area contributed by atoms with Crippen LogP contribution in [0.1, 0.15) is 0 Å². The van der Waals surface area contributed by atoms with Gasteiger partial charge in [0.1, 0.15) is 17.5 Å². The number of rotatable bonds is 5. The molecule has 0 saturated heterocycles. The third kappa shape index (κ3) is 4.87. The maximum atomic E-state index is 6.11. The second-order valence-electron chi connectivity index (χ2n) is 11.2. The minimum atomic E-state index is 0.620. The molecule has 0 N–H and O–H groups in total. The van der Waals surface area contributed by atoms with Crippen LogP contribution in [0, 0.1) is 0 Å². The van der Waals surface area contributed by atoms with Gasteiger partial charge in [0.05, 0.1) is 16.9 Å². The molecular weight excluding hydrogens is 580 g/mol. The standard InChI is InChI=1S/C40H24N6O/c1-3-9-26(10-4-1)38-44-39(27-11-5-2-6-12-27)46-40(45-38)28-17-15-25(16-18-28)29-19-20-31-33(21-29)42-24-43-37(31)34-22-36-32(23-41-34)30-13-7-8-14-35(30)47-36/h1-24H.